The third kappa shape index (κ3) is 16.3. The third-order valence-corrected chi connectivity index (χ3v) is 6.63. The van der Waals surface area contributed by atoms with Crippen LogP contribution in [0.25, 0.3) is 0 Å². The predicted octanol–water partition coefficient (Wildman–Crippen LogP) is 6.72. The van der Waals surface area contributed by atoms with E-state index in [1.54, 1.807) is 6.92 Å². The Labute approximate surface area is 220 Å². The molecule has 0 aromatic heterocycles. The Morgan fingerprint density at radius 3 is 1.69 bits per heavy atom. The van der Waals surface area contributed by atoms with E-state index in [9.17, 15) is 19.5 Å². The van der Waals surface area contributed by atoms with E-state index in [1.165, 1.54) is 25.7 Å². The number of carboxylic acid groups (broad SMARTS) is 1. The van der Waals surface area contributed by atoms with E-state index in [1.807, 2.05) is 20.8 Å². The fourth-order valence-electron chi connectivity index (χ4n) is 3.71. The van der Waals surface area contributed by atoms with Crippen molar-refractivity contribution in [2.45, 2.75) is 124 Å². The SMILES string of the molecule is CCCCCC=CCC=CCC=CCCCCC(=O)N[C@H](C(=O)N[C@H](C(=O)O)[C@@H](C)CC)[C@@H](C)CC. The summed E-state index contributed by atoms with van der Waals surface area (Å²) in [5.74, 6) is -1.92. The van der Waals surface area contributed by atoms with Gasteiger partial charge in [-0.05, 0) is 56.8 Å². The summed E-state index contributed by atoms with van der Waals surface area (Å²) in [6.07, 6.45) is 24.4. The summed E-state index contributed by atoms with van der Waals surface area (Å²) in [7, 11) is 0. The lowest BCUT2D eigenvalue weighted by atomic mass is 9.95. The quantitative estimate of drug-likeness (QED) is 0.119. The number of amides is 2. The van der Waals surface area contributed by atoms with Crippen LogP contribution in [0.1, 0.15) is 112 Å². The van der Waals surface area contributed by atoms with E-state index in [2.05, 4.69) is 54.0 Å². The van der Waals surface area contributed by atoms with Crippen LogP contribution in [0, 0.1) is 11.8 Å². The highest BCUT2D eigenvalue weighted by Crippen LogP contribution is 2.13. The van der Waals surface area contributed by atoms with Gasteiger partial charge in [-0.1, -0.05) is 96.8 Å². The predicted molar refractivity (Wildman–Crippen MR) is 150 cm³/mol. The average Bonchev–Trinajstić information content (AvgIpc) is 2.86. The molecule has 0 spiro atoms. The highest BCUT2D eigenvalue weighted by atomic mass is 16.4. The fraction of sp³-hybridized carbons (Fsp3) is 0.700. The Kier molecular flexibility index (Phi) is 20.4. The zero-order chi connectivity index (χ0) is 27.2. The van der Waals surface area contributed by atoms with E-state index in [4.69, 9.17) is 0 Å². The molecular weight excluding hydrogens is 452 g/mol. The molecule has 6 heteroatoms. The van der Waals surface area contributed by atoms with Crippen LogP contribution < -0.4 is 10.6 Å². The summed E-state index contributed by atoms with van der Waals surface area (Å²) in [5, 5.41) is 15.0. The first-order valence-electron chi connectivity index (χ1n) is 14.1. The van der Waals surface area contributed by atoms with Gasteiger partial charge in [0.05, 0.1) is 0 Å². The molecule has 0 unspecified atom stereocenters. The molecule has 0 radical (unpaired) electrons. The minimum atomic E-state index is -1.05. The van der Waals surface area contributed by atoms with Crippen LogP contribution in [-0.4, -0.2) is 35.0 Å². The van der Waals surface area contributed by atoms with Gasteiger partial charge in [0, 0.05) is 6.42 Å². The molecule has 0 aliphatic heterocycles. The van der Waals surface area contributed by atoms with Crippen LogP contribution in [0.5, 0.6) is 0 Å². The average molecular weight is 505 g/mol. The number of hydrogen-bond acceptors (Lipinski definition) is 3. The molecule has 0 rings (SSSR count). The first-order valence-corrected chi connectivity index (χ1v) is 14.1. The van der Waals surface area contributed by atoms with Gasteiger partial charge in [0.25, 0.3) is 0 Å². The maximum Gasteiger partial charge on any atom is 0.326 e. The molecule has 0 aliphatic carbocycles. The maximum absolute atomic E-state index is 12.8. The minimum Gasteiger partial charge on any atom is -0.480 e. The Morgan fingerprint density at radius 1 is 0.694 bits per heavy atom. The maximum atomic E-state index is 12.8. The second kappa shape index (κ2) is 21.9. The molecule has 0 aromatic rings. The Hall–Kier alpha value is -2.37. The summed E-state index contributed by atoms with van der Waals surface area (Å²) >= 11 is 0. The minimum absolute atomic E-state index is 0.0899. The number of carbonyl (C=O) groups excluding carboxylic acids is 2. The van der Waals surface area contributed by atoms with Gasteiger partial charge in [0.15, 0.2) is 0 Å². The van der Waals surface area contributed by atoms with E-state index in [-0.39, 0.29) is 17.7 Å². The number of carbonyl (C=O) groups is 3. The number of unbranched alkanes of at least 4 members (excludes halogenated alkanes) is 5. The van der Waals surface area contributed by atoms with Crippen LogP contribution in [0.2, 0.25) is 0 Å². The van der Waals surface area contributed by atoms with Crippen molar-refractivity contribution >= 4 is 17.8 Å². The highest BCUT2D eigenvalue weighted by Gasteiger charge is 2.31. The number of allylic oxidation sites excluding steroid dienone is 6. The molecule has 0 bridgehead atoms. The second-order valence-electron chi connectivity index (χ2n) is 9.77. The summed E-state index contributed by atoms with van der Waals surface area (Å²) < 4.78 is 0. The smallest absolute Gasteiger partial charge is 0.326 e. The zero-order valence-electron chi connectivity index (χ0n) is 23.4. The van der Waals surface area contributed by atoms with Crippen LogP contribution >= 0.6 is 0 Å². The monoisotopic (exact) mass is 504 g/mol. The summed E-state index contributed by atoms with van der Waals surface area (Å²) in [4.78, 5) is 36.9. The molecule has 206 valence electrons. The van der Waals surface area contributed by atoms with Gasteiger partial charge in [-0.3, -0.25) is 9.59 Å². The molecule has 0 heterocycles. The standard InChI is InChI=1S/C30H52N2O4/c1-6-9-10-11-12-13-14-15-16-17-18-19-20-21-22-23-26(33)31-27(24(4)7-2)29(34)32-28(30(35)36)25(5)8-3/h12-13,15-16,18-19,24-25,27-28H,6-11,14,17,20-23H2,1-5H3,(H,31,33)(H,32,34)(H,35,36)/t24-,25-,27-,28-/m0/s1. The summed E-state index contributed by atoms with van der Waals surface area (Å²) in [5.41, 5.74) is 0. The van der Waals surface area contributed by atoms with E-state index in [0.717, 1.165) is 32.1 Å². The van der Waals surface area contributed by atoms with Crippen LogP contribution in [0.15, 0.2) is 36.5 Å². The first kappa shape index (κ1) is 33.6. The zero-order valence-corrected chi connectivity index (χ0v) is 23.4. The molecule has 0 saturated heterocycles. The molecule has 0 aliphatic rings. The normalized spacial score (nSPS) is 15.2. The topological polar surface area (TPSA) is 95.5 Å². The molecule has 0 aromatic carbocycles. The van der Waals surface area contributed by atoms with Crippen LogP contribution in [0.3, 0.4) is 0 Å². The number of aliphatic carboxylic acids is 1. The number of hydrogen-bond donors (Lipinski definition) is 3. The molecule has 2 amide bonds. The van der Waals surface area contributed by atoms with Gasteiger partial charge < -0.3 is 15.7 Å². The van der Waals surface area contributed by atoms with Crippen LogP contribution in [0.4, 0.5) is 0 Å². The van der Waals surface area contributed by atoms with Crippen molar-refractivity contribution in [1.29, 1.82) is 0 Å². The van der Waals surface area contributed by atoms with E-state index >= 15 is 0 Å². The number of nitrogens with one attached hydrogen (secondary N) is 2. The molecule has 36 heavy (non-hydrogen) atoms. The van der Waals surface area contributed by atoms with Crippen molar-refractivity contribution in [3.63, 3.8) is 0 Å². The third-order valence-electron chi connectivity index (χ3n) is 6.63. The number of carboxylic acids is 1. The molecule has 3 N–H and O–H groups in total. The molecule has 6 nitrogen and oxygen atoms in total. The van der Waals surface area contributed by atoms with Crippen LogP contribution in [-0.2, 0) is 14.4 Å². The first-order chi connectivity index (χ1) is 17.3. The van der Waals surface area contributed by atoms with Gasteiger partial charge in [0.1, 0.15) is 12.1 Å². The van der Waals surface area contributed by atoms with Gasteiger partial charge in [-0.15, -0.1) is 0 Å². The van der Waals surface area contributed by atoms with Crippen molar-refractivity contribution in [2.75, 3.05) is 0 Å². The van der Waals surface area contributed by atoms with Crippen molar-refractivity contribution in [3.05, 3.63) is 36.5 Å². The summed E-state index contributed by atoms with van der Waals surface area (Å²) in [6, 6.07) is -1.69. The Bertz CT molecular complexity index is 699. The largest absolute Gasteiger partial charge is 0.480 e. The Morgan fingerprint density at radius 2 is 1.19 bits per heavy atom. The lowest BCUT2D eigenvalue weighted by molar-refractivity contribution is -0.144. The van der Waals surface area contributed by atoms with Gasteiger partial charge in [-0.25, -0.2) is 4.79 Å². The lowest BCUT2D eigenvalue weighted by Crippen LogP contribution is -2.55. The molecule has 0 fully saturated rings. The van der Waals surface area contributed by atoms with E-state index in [0.29, 0.717) is 19.3 Å². The second-order valence-corrected chi connectivity index (χ2v) is 9.77. The van der Waals surface area contributed by atoms with E-state index < -0.39 is 24.0 Å². The Balaban J connectivity index is 4.32. The van der Waals surface area contributed by atoms with Crippen molar-refractivity contribution < 1.29 is 19.5 Å². The number of rotatable bonds is 21. The molecule has 4 atom stereocenters. The fourth-order valence-corrected chi connectivity index (χ4v) is 3.71. The van der Waals surface area contributed by atoms with Gasteiger partial charge in [0.2, 0.25) is 11.8 Å². The van der Waals surface area contributed by atoms with Crippen molar-refractivity contribution in [3.8, 4) is 0 Å². The highest BCUT2D eigenvalue weighted by molar-refractivity contribution is 5.90. The summed E-state index contributed by atoms with van der Waals surface area (Å²) in [6.45, 7) is 9.76. The van der Waals surface area contributed by atoms with Gasteiger partial charge >= 0.3 is 5.97 Å². The van der Waals surface area contributed by atoms with Crippen molar-refractivity contribution in [1.82, 2.24) is 10.6 Å². The molecular formula is C30H52N2O4. The van der Waals surface area contributed by atoms with Gasteiger partial charge in [-0.2, -0.15) is 0 Å². The molecule has 0 saturated carbocycles. The lowest BCUT2D eigenvalue weighted by Gasteiger charge is -2.27. The van der Waals surface area contributed by atoms with Crippen molar-refractivity contribution in [2.24, 2.45) is 11.8 Å².